The number of rotatable bonds is 6. The van der Waals surface area contributed by atoms with Gasteiger partial charge in [-0.05, 0) is 29.6 Å². The van der Waals surface area contributed by atoms with E-state index in [2.05, 4.69) is 9.82 Å². The quantitative estimate of drug-likeness (QED) is 0.721. The highest BCUT2D eigenvalue weighted by atomic mass is 35.5. The molecule has 1 N–H and O–H groups in total. The molecule has 3 aromatic heterocycles. The van der Waals surface area contributed by atoms with Gasteiger partial charge in [0.1, 0.15) is 9.90 Å². The fourth-order valence-electron chi connectivity index (χ4n) is 1.85. The number of hydrogen-bond acceptors (Lipinski definition) is 5. The van der Waals surface area contributed by atoms with Gasteiger partial charge in [0.2, 0.25) is 10.0 Å². The van der Waals surface area contributed by atoms with Gasteiger partial charge < -0.3 is 0 Å². The zero-order valence-corrected chi connectivity index (χ0v) is 14.5. The molecule has 3 heterocycles. The molecule has 0 unspecified atom stereocenters. The molecule has 0 fully saturated rings. The molecule has 0 aliphatic carbocycles. The fourth-order valence-corrected chi connectivity index (χ4v) is 5.09. The second kappa shape index (κ2) is 6.51. The van der Waals surface area contributed by atoms with Crippen LogP contribution in [0.1, 0.15) is 0 Å². The molecule has 0 spiro atoms. The van der Waals surface area contributed by atoms with E-state index < -0.39 is 10.0 Å². The standard InChI is InChI=1S/C13H12ClN3O2S3/c14-12-3-4-13(21-12)22(18,19)15-6-8-17-7-5-10(16-17)11-2-1-9-20-11/h1-5,7,9,15H,6,8H2. The number of nitrogens with one attached hydrogen (secondary N) is 1. The lowest BCUT2D eigenvalue weighted by Gasteiger charge is -2.04. The van der Waals surface area contributed by atoms with Crippen molar-refractivity contribution in [2.24, 2.45) is 0 Å². The van der Waals surface area contributed by atoms with Gasteiger partial charge >= 0.3 is 0 Å². The Balaban J connectivity index is 1.59. The zero-order valence-electron chi connectivity index (χ0n) is 11.3. The molecule has 3 aromatic rings. The predicted molar refractivity (Wildman–Crippen MR) is 90.1 cm³/mol. The van der Waals surface area contributed by atoms with Crippen LogP contribution in [0, 0.1) is 0 Å². The molecule has 0 aromatic carbocycles. The molecular weight excluding hydrogens is 362 g/mol. The van der Waals surface area contributed by atoms with Gasteiger partial charge in [0.25, 0.3) is 0 Å². The molecule has 116 valence electrons. The Hall–Kier alpha value is -1.19. The Morgan fingerprint density at radius 2 is 2.14 bits per heavy atom. The van der Waals surface area contributed by atoms with E-state index in [1.54, 1.807) is 22.1 Å². The molecule has 5 nitrogen and oxygen atoms in total. The maximum Gasteiger partial charge on any atom is 0.250 e. The summed E-state index contributed by atoms with van der Waals surface area (Å²) in [5, 5.41) is 6.42. The molecule has 0 saturated heterocycles. The van der Waals surface area contributed by atoms with E-state index in [0.29, 0.717) is 10.9 Å². The van der Waals surface area contributed by atoms with Crippen LogP contribution in [0.2, 0.25) is 4.34 Å². The summed E-state index contributed by atoms with van der Waals surface area (Å²) in [5.74, 6) is 0. The first kappa shape index (κ1) is 15.7. The van der Waals surface area contributed by atoms with E-state index >= 15 is 0 Å². The smallest absolute Gasteiger partial charge is 0.250 e. The van der Waals surface area contributed by atoms with Crippen LogP contribution in [0.5, 0.6) is 0 Å². The van der Waals surface area contributed by atoms with Crippen molar-refractivity contribution in [2.75, 3.05) is 6.54 Å². The summed E-state index contributed by atoms with van der Waals surface area (Å²) in [6, 6.07) is 8.96. The van der Waals surface area contributed by atoms with Gasteiger partial charge in [-0.25, -0.2) is 13.1 Å². The van der Waals surface area contributed by atoms with E-state index in [0.717, 1.165) is 21.9 Å². The second-order valence-corrected chi connectivity index (χ2v) is 9.05. The molecule has 22 heavy (non-hydrogen) atoms. The molecule has 0 aliphatic heterocycles. The van der Waals surface area contributed by atoms with E-state index in [1.165, 1.54) is 6.07 Å². The Kier molecular flexibility index (Phi) is 4.65. The van der Waals surface area contributed by atoms with E-state index in [9.17, 15) is 8.42 Å². The number of aromatic nitrogens is 2. The summed E-state index contributed by atoms with van der Waals surface area (Å²) in [7, 11) is -3.50. The molecule has 0 saturated carbocycles. The van der Waals surface area contributed by atoms with Crippen molar-refractivity contribution < 1.29 is 8.42 Å². The van der Waals surface area contributed by atoms with Crippen molar-refractivity contribution in [3.05, 3.63) is 46.2 Å². The van der Waals surface area contributed by atoms with Gasteiger partial charge in [-0.3, -0.25) is 4.68 Å². The molecule has 0 amide bonds. The Morgan fingerprint density at radius 3 is 2.82 bits per heavy atom. The maximum atomic E-state index is 12.0. The Bertz CT molecular complexity index is 853. The van der Waals surface area contributed by atoms with E-state index in [4.69, 9.17) is 11.6 Å². The number of halogens is 1. The second-order valence-electron chi connectivity index (χ2n) is 4.40. The van der Waals surface area contributed by atoms with Crippen LogP contribution in [0.3, 0.4) is 0 Å². The highest BCUT2D eigenvalue weighted by Crippen LogP contribution is 2.25. The number of sulfonamides is 1. The maximum absolute atomic E-state index is 12.0. The van der Waals surface area contributed by atoms with E-state index in [-0.39, 0.29) is 10.8 Å². The number of thiophene rings is 2. The van der Waals surface area contributed by atoms with Crippen LogP contribution in [-0.4, -0.2) is 24.7 Å². The Morgan fingerprint density at radius 1 is 1.27 bits per heavy atom. The van der Waals surface area contributed by atoms with Crippen LogP contribution in [0.15, 0.2) is 46.1 Å². The molecule has 0 aliphatic rings. The van der Waals surface area contributed by atoms with Crippen LogP contribution < -0.4 is 4.72 Å². The summed E-state index contributed by atoms with van der Waals surface area (Å²) in [6.07, 6.45) is 1.84. The first-order chi connectivity index (χ1) is 10.5. The first-order valence-corrected chi connectivity index (χ1v) is 9.93. The van der Waals surface area contributed by atoms with Crippen molar-refractivity contribution >= 4 is 44.3 Å². The molecule has 0 atom stereocenters. The third-order valence-corrected chi connectivity index (χ3v) is 6.94. The number of nitrogens with zero attached hydrogens (tertiary/aromatic N) is 2. The van der Waals surface area contributed by atoms with Crippen molar-refractivity contribution in [2.45, 2.75) is 10.8 Å². The van der Waals surface area contributed by atoms with Crippen molar-refractivity contribution in [1.82, 2.24) is 14.5 Å². The topological polar surface area (TPSA) is 64.0 Å². The predicted octanol–water partition coefficient (Wildman–Crippen LogP) is 3.31. The number of hydrogen-bond donors (Lipinski definition) is 1. The highest BCUT2D eigenvalue weighted by molar-refractivity contribution is 7.91. The molecule has 0 radical (unpaired) electrons. The summed E-state index contributed by atoms with van der Waals surface area (Å²) in [5.41, 5.74) is 0.892. The first-order valence-electron chi connectivity index (χ1n) is 6.37. The lowest BCUT2D eigenvalue weighted by Crippen LogP contribution is -2.27. The summed E-state index contributed by atoms with van der Waals surface area (Å²) in [4.78, 5) is 1.09. The van der Waals surface area contributed by atoms with Gasteiger partial charge in [-0.2, -0.15) is 5.10 Å². The average molecular weight is 374 g/mol. The average Bonchev–Trinajstić information content (AvgIpc) is 3.18. The molecule has 3 rings (SSSR count). The summed E-state index contributed by atoms with van der Waals surface area (Å²) in [6.45, 7) is 0.729. The van der Waals surface area contributed by atoms with Crippen LogP contribution in [0.4, 0.5) is 0 Å². The van der Waals surface area contributed by atoms with Crippen LogP contribution in [-0.2, 0) is 16.6 Å². The lowest BCUT2D eigenvalue weighted by molar-refractivity contribution is 0.563. The minimum atomic E-state index is -3.50. The summed E-state index contributed by atoms with van der Waals surface area (Å²) < 4.78 is 29.0. The van der Waals surface area contributed by atoms with Crippen LogP contribution >= 0.6 is 34.3 Å². The normalized spacial score (nSPS) is 11.9. The van der Waals surface area contributed by atoms with Gasteiger partial charge in [0, 0.05) is 12.7 Å². The minimum absolute atomic E-state index is 0.220. The van der Waals surface area contributed by atoms with Gasteiger partial charge in [-0.1, -0.05) is 17.7 Å². The SMILES string of the molecule is O=S(=O)(NCCn1ccc(-c2cccs2)n1)c1ccc(Cl)s1. The van der Waals surface area contributed by atoms with E-state index in [1.807, 2.05) is 29.8 Å². The fraction of sp³-hybridized carbons (Fsp3) is 0.154. The molecule has 9 heteroatoms. The lowest BCUT2D eigenvalue weighted by atomic mass is 10.3. The molecule has 0 bridgehead atoms. The zero-order chi connectivity index (χ0) is 15.6. The Labute approximate surface area is 141 Å². The van der Waals surface area contributed by atoms with Gasteiger partial charge in [0.05, 0.1) is 15.8 Å². The van der Waals surface area contributed by atoms with Crippen molar-refractivity contribution in [3.63, 3.8) is 0 Å². The minimum Gasteiger partial charge on any atom is -0.271 e. The monoisotopic (exact) mass is 373 g/mol. The third kappa shape index (κ3) is 3.58. The van der Waals surface area contributed by atoms with Crippen molar-refractivity contribution in [3.8, 4) is 10.6 Å². The van der Waals surface area contributed by atoms with Gasteiger partial charge in [-0.15, -0.1) is 22.7 Å². The molecular formula is C13H12ClN3O2S3. The van der Waals surface area contributed by atoms with Gasteiger partial charge in [0.15, 0.2) is 0 Å². The summed E-state index contributed by atoms with van der Waals surface area (Å²) >= 11 is 8.42. The van der Waals surface area contributed by atoms with Crippen LogP contribution in [0.25, 0.3) is 10.6 Å². The van der Waals surface area contributed by atoms with Crippen molar-refractivity contribution in [1.29, 1.82) is 0 Å². The largest absolute Gasteiger partial charge is 0.271 e. The highest BCUT2D eigenvalue weighted by Gasteiger charge is 2.15. The third-order valence-electron chi connectivity index (χ3n) is 2.86.